The molecular formula is C17H22N4O2. The Kier molecular flexibility index (Phi) is 5.58. The van der Waals surface area contributed by atoms with Gasteiger partial charge < -0.3 is 15.5 Å². The largest absolute Gasteiger partial charge is 0.341 e. The Morgan fingerprint density at radius 2 is 2.26 bits per heavy atom. The highest BCUT2D eigenvalue weighted by atomic mass is 16.2. The number of amides is 3. The van der Waals surface area contributed by atoms with Crippen LogP contribution in [0.3, 0.4) is 0 Å². The molecule has 23 heavy (non-hydrogen) atoms. The van der Waals surface area contributed by atoms with Crippen LogP contribution in [0.25, 0.3) is 0 Å². The van der Waals surface area contributed by atoms with E-state index in [4.69, 9.17) is 5.26 Å². The van der Waals surface area contributed by atoms with E-state index in [1.807, 2.05) is 19.9 Å². The second-order valence-electron chi connectivity index (χ2n) is 5.76. The summed E-state index contributed by atoms with van der Waals surface area (Å²) in [6, 6.07) is 8.80. The van der Waals surface area contributed by atoms with Gasteiger partial charge in [-0.15, -0.1) is 0 Å². The van der Waals surface area contributed by atoms with Crippen LogP contribution in [0.4, 0.5) is 4.79 Å². The van der Waals surface area contributed by atoms with Crippen LogP contribution in [0, 0.1) is 11.3 Å². The fourth-order valence-corrected chi connectivity index (χ4v) is 2.71. The quantitative estimate of drug-likeness (QED) is 0.890. The first-order valence-electron chi connectivity index (χ1n) is 7.88. The van der Waals surface area contributed by atoms with Crippen molar-refractivity contribution in [2.75, 3.05) is 13.1 Å². The van der Waals surface area contributed by atoms with Crippen molar-refractivity contribution in [1.29, 1.82) is 5.26 Å². The van der Waals surface area contributed by atoms with Gasteiger partial charge in [0.1, 0.15) is 0 Å². The van der Waals surface area contributed by atoms with Crippen LogP contribution >= 0.6 is 0 Å². The highest BCUT2D eigenvalue weighted by Crippen LogP contribution is 2.14. The first kappa shape index (κ1) is 16.8. The number of carbonyl (C=O) groups is 2. The van der Waals surface area contributed by atoms with Crippen LogP contribution < -0.4 is 10.6 Å². The van der Waals surface area contributed by atoms with E-state index in [2.05, 4.69) is 16.7 Å². The van der Waals surface area contributed by atoms with Crippen molar-refractivity contribution in [3.8, 4) is 6.07 Å². The summed E-state index contributed by atoms with van der Waals surface area (Å²) in [5, 5.41) is 14.7. The molecular weight excluding hydrogens is 292 g/mol. The van der Waals surface area contributed by atoms with E-state index in [9.17, 15) is 9.59 Å². The first-order valence-corrected chi connectivity index (χ1v) is 7.88. The van der Waals surface area contributed by atoms with Gasteiger partial charge in [-0.2, -0.15) is 5.26 Å². The molecule has 1 saturated heterocycles. The lowest BCUT2D eigenvalue weighted by Crippen LogP contribution is -2.44. The molecule has 2 atom stereocenters. The van der Waals surface area contributed by atoms with Crippen molar-refractivity contribution in [1.82, 2.24) is 15.5 Å². The predicted molar refractivity (Wildman–Crippen MR) is 86.5 cm³/mol. The number of urea groups is 1. The summed E-state index contributed by atoms with van der Waals surface area (Å²) in [7, 11) is 0. The van der Waals surface area contributed by atoms with Gasteiger partial charge in [-0.25, -0.2) is 4.79 Å². The van der Waals surface area contributed by atoms with E-state index in [-0.39, 0.29) is 24.0 Å². The van der Waals surface area contributed by atoms with Crippen LogP contribution in [0.2, 0.25) is 0 Å². The zero-order chi connectivity index (χ0) is 16.8. The fraction of sp³-hybridized carbons (Fsp3) is 0.471. The Labute approximate surface area is 136 Å². The molecule has 0 aromatic heterocycles. The van der Waals surface area contributed by atoms with E-state index in [1.54, 1.807) is 23.1 Å². The Bertz CT molecular complexity index is 623. The van der Waals surface area contributed by atoms with E-state index < -0.39 is 0 Å². The van der Waals surface area contributed by atoms with Gasteiger partial charge in [-0.05, 0) is 31.0 Å². The van der Waals surface area contributed by atoms with Crippen LogP contribution in [0.15, 0.2) is 24.3 Å². The molecule has 6 nitrogen and oxygen atoms in total. The smallest absolute Gasteiger partial charge is 0.315 e. The molecule has 122 valence electrons. The van der Waals surface area contributed by atoms with E-state index in [0.29, 0.717) is 25.1 Å². The Hall–Kier alpha value is -2.55. The molecule has 1 aromatic carbocycles. The van der Waals surface area contributed by atoms with Crippen LogP contribution in [-0.4, -0.2) is 36.0 Å². The van der Waals surface area contributed by atoms with Crippen molar-refractivity contribution in [3.63, 3.8) is 0 Å². The van der Waals surface area contributed by atoms with Gasteiger partial charge in [-0.3, -0.25) is 4.79 Å². The first-order chi connectivity index (χ1) is 11.0. The van der Waals surface area contributed by atoms with Crippen molar-refractivity contribution >= 4 is 11.9 Å². The average molecular weight is 314 g/mol. The maximum absolute atomic E-state index is 12.1. The summed E-state index contributed by atoms with van der Waals surface area (Å²) >= 11 is 0. The SMILES string of the molecule is CCC(=O)N1CC[C@H](NC(=O)N[C@H](C)c2cccc(C#N)c2)C1. The summed E-state index contributed by atoms with van der Waals surface area (Å²) in [5.41, 5.74) is 1.45. The minimum absolute atomic E-state index is 0.0110. The lowest BCUT2D eigenvalue weighted by Gasteiger charge is -2.19. The number of hydrogen-bond donors (Lipinski definition) is 2. The minimum Gasteiger partial charge on any atom is -0.341 e. The third kappa shape index (κ3) is 4.46. The summed E-state index contributed by atoms with van der Waals surface area (Å²) < 4.78 is 0. The van der Waals surface area contributed by atoms with Gasteiger partial charge >= 0.3 is 6.03 Å². The predicted octanol–water partition coefficient (Wildman–Crippen LogP) is 1.93. The molecule has 1 aliphatic rings. The summed E-state index contributed by atoms with van der Waals surface area (Å²) in [6.07, 6.45) is 1.27. The summed E-state index contributed by atoms with van der Waals surface area (Å²) in [6.45, 7) is 4.97. The molecule has 0 saturated carbocycles. The molecule has 0 aliphatic carbocycles. The number of rotatable bonds is 4. The lowest BCUT2D eigenvalue weighted by atomic mass is 10.1. The topological polar surface area (TPSA) is 85.2 Å². The maximum Gasteiger partial charge on any atom is 0.315 e. The average Bonchev–Trinajstić information content (AvgIpc) is 3.02. The number of likely N-dealkylation sites (tertiary alicyclic amines) is 1. The molecule has 1 aliphatic heterocycles. The van der Waals surface area contributed by atoms with Crippen molar-refractivity contribution in [2.24, 2.45) is 0 Å². The van der Waals surface area contributed by atoms with E-state index in [0.717, 1.165) is 12.0 Å². The number of nitrogens with zero attached hydrogens (tertiary/aromatic N) is 2. The number of nitrogens with one attached hydrogen (secondary N) is 2. The van der Waals surface area contributed by atoms with Crippen LogP contribution in [0.5, 0.6) is 0 Å². The zero-order valence-electron chi connectivity index (χ0n) is 13.5. The number of carbonyl (C=O) groups excluding carboxylic acids is 2. The maximum atomic E-state index is 12.1. The molecule has 2 rings (SSSR count). The van der Waals surface area contributed by atoms with Crippen molar-refractivity contribution in [2.45, 2.75) is 38.8 Å². The molecule has 0 spiro atoms. The monoisotopic (exact) mass is 314 g/mol. The molecule has 0 unspecified atom stereocenters. The van der Waals surface area contributed by atoms with Crippen LogP contribution in [0.1, 0.15) is 43.9 Å². The van der Waals surface area contributed by atoms with Crippen LogP contribution in [-0.2, 0) is 4.79 Å². The Morgan fingerprint density at radius 1 is 1.48 bits per heavy atom. The molecule has 0 bridgehead atoms. The van der Waals surface area contributed by atoms with E-state index >= 15 is 0 Å². The van der Waals surface area contributed by atoms with Crippen molar-refractivity contribution < 1.29 is 9.59 Å². The third-order valence-electron chi connectivity index (χ3n) is 4.04. The molecule has 2 N–H and O–H groups in total. The highest BCUT2D eigenvalue weighted by molar-refractivity contribution is 5.77. The van der Waals surface area contributed by atoms with Gasteiger partial charge in [-0.1, -0.05) is 19.1 Å². The summed E-state index contributed by atoms with van der Waals surface area (Å²) in [5.74, 6) is 0.122. The Balaban J connectivity index is 1.85. The Morgan fingerprint density at radius 3 is 2.96 bits per heavy atom. The van der Waals surface area contributed by atoms with Gasteiger partial charge in [0.15, 0.2) is 0 Å². The standard InChI is InChI=1S/C17H22N4O2/c1-3-16(22)21-8-7-15(11-21)20-17(23)19-12(2)14-6-4-5-13(9-14)10-18/h4-6,9,12,15H,3,7-8,11H2,1-2H3,(H2,19,20,23)/t12-,15+/m1/s1. The van der Waals surface area contributed by atoms with Gasteiger partial charge in [0, 0.05) is 25.6 Å². The zero-order valence-corrected chi connectivity index (χ0v) is 13.5. The van der Waals surface area contributed by atoms with Crippen molar-refractivity contribution in [3.05, 3.63) is 35.4 Å². The minimum atomic E-state index is -0.254. The number of benzene rings is 1. The second-order valence-corrected chi connectivity index (χ2v) is 5.76. The molecule has 1 fully saturated rings. The fourth-order valence-electron chi connectivity index (χ4n) is 2.71. The van der Waals surface area contributed by atoms with Gasteiger partial charge in [0.25, 0.3) is 0 Å². The third-order valence-corrected chi connectivity index (χ3v) is 4.04. The second kappa shape index (κ2) is 7.63. The van der Waals surface area contributed by atoms with E-state index in [1.165, 1.54) is 0 Å². The molecule has 1 aromatic rings. The summed E-state index contributed by atoms with van der Waals surface area (Å²) in [4.78, 5) is 25.5. The molecule has 0 radical (unpaired) electrons. The lowest BCUT2D eigenvalue weighted by molar-refractivity contribution is -0.129. The number of nitriles is 1. The number of hydrogen-bond acceptors (Lipinski definition) is 3. The van der Waals surface area contributed by atoms with Gasteiger partial charge in [0.2, 0.25) is 5.91 Å². The normalized spacial score (nSPS) is 18.1. The van der Waals surface area contributed by atoms with Gasteiger partial charge in [0.05, 0.1) is 17.7 Å². The highest BCUT2D eigenvalue weighted by Gasteiger charge is 2.26. The molecule has 1 heterocycles. The molecule has 3 amide bonds. The molecule has 6 heteroatoms.